The van der Waals surface area contributed by atoms with E-state index in [1.54, 1.807) is 11.1 Å². The van der Waals surface area contributed by atoms with Crippen LogP contribution in [-0.2, 0) is 4.79 Å². The van der Waals surface area contributed by atoms with E-state index in [1.807, 2.05) is 24.3 Å². The Morgan fingerprint density at radius 2 is 2.04 bits per heavy atom. The molecule has 0 aromatic heterocycles. The molecule has 1 aromatic rings. The zero-order valence-corrected chi connectivity index (χ0v) is 14.0. The van der Waals surface area contributed by atoms with Gasteiger partial charge in [-0.05, 0) is 43.2 Å². The number of carbonyl (C=O) groups is 1. The van der Waals surface area contributed by atoms with E-state index in [0.717, 1.165) is 44.5 Å². The highest BCUT2D eigenvalue weighted by atomic mass is 16.2. The summed E-state index contributed by atoms with van der Waals surface area (Å²) in [4.78, 5) is 14.2. The Morgan fingerprint density at radius 3 is 2.70 bits per heavy atom. The number of carbonyl (C=O) groups excluding carboxylic acids is 1. The molecule has 1 aliphatic heterocycles. The molecular weight excluding hydrogens is 286 g/mol. The average molecular weight is 311 g/mol. The molecule has 0 radical (unpaired) electrons. The van der Waals surface area contributed by atoms with Crippen LogP contribution < -0.4 is 5.32 Å². The van der Waals surface area contributed by atoms with Crippen molar-refractivity contribution in [2.45, 2.75) is 45.4 Å². The van der Waals surface area contributed by atoms with Crippen LogP contribution in [0, 0.1) is 11.3 Å². The molecule has 1 atom stereocenters. The molecule has 1 N–H and O–H groups in total. The predicted molar refractivity (Wildman–Crippen MR) is 92.9 cm³/mol. The summed E-state index contributed by atoms with van der Waals surface area (Å²) in [7, 11) is 0. The molecule has 1 amide bonds. The summed E-state index contributed by atoms with van der Waals surface area (Å²) < 4.78 is 0. The van der Waals surface area contributed by atoms with Crippen molar-refractivity contribution in [1.82, 2.24) is 4.90 Å². The minimum Gasteiger partial charge on any atom is -0.360 e. The van der Waals surface area contributed by atoms with Gasteiger partial charge in [-0.2, -0.15) is 5.26 Å². The maximum atomic E-state index is 12.4. The first-order chi connectivity index (χ1) is 11.2. The van der Waals surface area contributed by atoms with Crippen molar-refractivity contribution in [2.75, 3.05) is 18.4 Å². The van der Waals surface area contributed by atoms with Crippen LogP contribution in [0.5, 0.6) is 0 Å². The van der Waals surface area contributed by atoms with Crippen molar-refractivity contribution in [1.29, 1.82) is 5.26 Å². The minimum atomic E-state index is -0.166. The third kappa shape index (κ3) is 4.35. The fourth-order valence-electron chi connectivity index (χ4n) is 2.84. The monoisotopic (exact) mass is 311 g/mol. The van der Waals surface area contributed by atoms with Gasteiger partial charge in [0.15, 0.2) is 0 Å². The Kier molecular flexibility index (Phi) is 6.22. The first kappa shape index (κ1) is 17.1. The highest BCUT2D eigenvalue weighted by Gasteiger charge is 2.20. The van der Waals surface area contributed by atoms with E-state index in [1.165, 1.54) is 5.56 Å². The SMILES string of the molecule is CCC(C)c1ccccc1N/C=C(/C#N)C(=O)N1CCCCC1. The van der Waals surface area contributed by atoms with Crippen molar-refractivity contribution in [3.05, 3.63) is 41.6 Å². The molecule has 0 aliphatic carbocycles. The van der Waals surface area contributed by atoms with Gasteiger partial charge < -0.3 is 10.2 Å². The molecule has 1 saturated heterocycles. The van der Waals surface area contributed by atoms with Gasteiger partial charge in [-0.1, -0.05) is 32.0 Å². The van der Waals surface area contributed by atoms with Gasteiger partial charge in [-0.25, -0.2) is 0 Å². The predicted octanol–water partition coefficient (Wildman–Crippen LogP) is 4.03. The molecule has 23 heavy (non-hydrogen) atoms. The number of anilines is 1. The van der Waals surface area contributed by atoms with Crippen LogP contribution in [0.15, 0.2) is 36.0 Å². The number of nitrogens with one attached hydrogen (secondary N) is 1. The Balaban J connectivity index is 2.14. The number of likely N-dealkylation sites (tertiary alicyclic amines) is 1. The number of hydrogen-bond donors (Lipinski definition) is 1. The summed E-state index contributed by atoms with van der Waals surface area (Å²) in [5.74, 6) is 0.260. The second-order valence-electron chi connectivity index (χ2n) is 6.06. The fraction of sp³-hybridized carbons (Fsp3) is 0.474. The highest BCUT2D eigenvalue weighted by Crippen LogP contribution is 2.26. The number of nitriles is 1. The Labute approximate surface area is 138 Å². The summed E-state index contributed by atoms with van der Waals surface area (Å²) in [5, 5.41) is 12.5. The number of hydrogen-bond acceptors (Lipinski definition) is 3. The molecule has 1 heterocycles. The number of nitrogens with zero attached hydrogens (tertiary/aromatic N) is 2. The lowest BCUT2D eigenvalue weighted by Gasteiger charge is -2.26. The summed E-state index contributed by atoms with van der Waals surface area (Å²) in [6.45, 7) is 5.83. The van der Waals surface area contributed by atoms with Gasteiger partial charge in [0.1, 0.15) is 11.6 Å². The van der Waals surface area contributed by atoms with Gasteiger partial charge >= 0.3 is 0 Å². The van der Waals surface area contributed by atoms with Crippen molar-refractivity contribution < 1.29 is 4.79 Å². The van der Waals surface area contributed by atoms with E-state index < -0.39 is 0 Å². The maximum absolute atomic E-state index is 12.4. The number of rotatable bonds is 5. The van der Waals surface area contributed by atoms with E-state index in [-0.39, 0.29) is 11.5 Å². The fourth-order valence-corrected chi connectivity index (χ4v) is 2.84. The highest BCUT2D eigenvalue weighted by molar-refractivity contribution is 5.97. The molecule has 1 unspecified atom stereocenters. The van der Waals surface area contributed by atoms with E-state index in [9.17, 15) is 10.1 Å². The normalized spacial score (nSPS) is 16.6. The summed E-state index contributed by atoms with van der Waals surface area (Å²) in [6, 6.07) is 10.1. The molecule has 0 saturated carbocycles. The zero-order valence-electron chi connectivity index (χ0n) is 14.0. The van der Waals surface area contributed by atoms with Gasteiger partial charge in [0, 0.05) is 25.0 Å². The van der Waals surface area contributed by atoms with Gasteiger partial charge in [0.2, 0.25) is 0 Å². The van der Waals surface area contributed by atoms with Crippen LogP contribution in [0.4, 0.5) is 5.69 Å². The Hall–Kier alpha value is -2.28. The van der Waals surface area contributed by atoms with Crippen molar-refractivity contribution in [3.8, 4) is 6.07 Å². The number of amides is 1. The molecule has 1 aromatic carbocycles. The largest absolute Gasteiger partial charge is 0.360 e. The number of benzene rings is 1. The van der Waals surface area contributed by atoms with Gasteiger partial charge in [-0.3, -0.25) is 4.79 Å². The van der Waals surface area contributed by atoms with Crippen LogP contribution >= 0.6 is 0 Å². The number of piperidine rings is 1. The molecule has 2 rings (SSSR count). The van der Waals surface area contributed by atoms with E-state index in [4.69, 9.17) is 0 Å². The molecule has 1 fully saturated rings. The van der Waals surface area contributed by atoms with Crippen molar-refractivity contribution >= 4 is 11.6 Å². The van der Waals surface area contributed by atoms with Gasteiger partial charge in [-0.15, -0.1) is 0 Å². The molecule has 0 bridgehead atoms. The van der Waals surface area contributed by atoms with E-state index in [0.29, 0.717) is 5.92 Å². The quantitative estimate of drug-likeness (QED) is 0.659. The third-order valence-electron chi connectivity index (χ3n) is 4.47. The lowest BCUT2D eigenvalue weighted by molar-refractivity contribution is -0.127. The summed E-state index contributed by atoms with van der Waals surface area (Å²) in [5.41, 5.74) is 2.33. The van der Waals surface area contributed by atoms with Crippen LogP contribution in [0.2, 0.25) is 0 Å². The van der Waals surface area contributed by atoms with E-state index in [2.05, 4.69) is 25.2 Å². The van der Waals surface area contributed by atoms with Crippen LogP contribution in [0.25, 0.3) is 0 Å². The minimum absolute atomic E-state index is 0.166. The molecule has 4 heteroatoms. The molecular formula is C19H25N3O. The Bertz CT molecular complexity index is 609. The first-order valence-electron chi connectivity index (χ1n) is 8.42. The standard InChI is InChI=1S/C19H25N3O/c1-3-15(2)17-9-5-6-10-18(17)21-14-16(13-20)19(23)22-11-7-4-8-12-22/h5-6,9-10,14-15,21H,3-4,7-8,11-12H2,1-2H3/b16-14-. The third-order valence-corrected chi connectivity index (χ3v) is 4.47. The van der Waals surface area contributed by atoms with Crippen molar-refractivity contribution in [3.63, 3.8) is 0 Å². The van der Waals surface area contributed by atoms with Crippen LogP contribution in [0.1, 0.15) is 51.0 Å². The second-order valence-corrected chi connectivity index (χ2v) is 6.06. The smallest absolute Gasteiger partial charge is 0.266 e. The van der Waals surface area contributed by atoms with E-state index >= 15 is 0 Å². The molecule has 0 spiro atoms. The van der Waals surface area contributed by atoms with Crippen molar-refractivity contribution in [2.24, 2.45) is 0 Å². The zero-order chi connectivity index (χ0) is 16.7. The lowest BCUT2D eigenvalue weighted by Crippen LogP contribution is -2.36. The molecule has 122 valence electrons. The Morgan fingerprint density at radius 1 is 1.35 bits per heavy atom. The van der Waals surface area contributed by atoms with Crippen LogP contribution in [0.3, 0.4) is 0 Å². The average Bonchev–Trinajstić information content (AvgIpc) is 2.62. The molecule has 4 nitrogen and oxygen atoms in total. The summed E-state index contributed by atoms with van der Waals surface area (Å²) >= 11 is 0. The van der Waals surface area contributed by atoms with Gasteiger partial charge in [0.05, 0.1) is 0 Å². The molecule has 1 aliphatic rings. The lowest BCUT2D eigenvalue weighted by atomic mass is 9.97. The summed E-state index contributed by atoms with van der Waals surface area (Å²) in [6.07, 6.45) is 5.80. The topological polar surface area (TPSA) is 56.1 Å². The number of para-hydroxylation sites is 1. The maximum Gasteiger partial charge on any atom is 0.266 e. The second kappa shape index (κ2) is 8.38. The first-order valence-corrected chi connectivity index (χ1v) is 8.42. The van der Waals surface area contributed by atoms with Gasteiger partial charge in [0.25, 0.3) is 5.91 Å². The van der Waals surface area contributed by atoms with Crippen LogP contribution in [-0.4, -0.2) is 23.9 Å².